The summed E-state index contributed by atoms with van der Waals surface area (Å²) in [6.07, 6.45) is 26.5. The van der Waals surface area contributed by atoms with Gasteiger partial charge in [0.25, 0.3) is 0 Å². The Morgan fingerprint density at radius 1 is 0.642 bits per heavy atom. The molecule has 1 aromatic heterocycles. The minimum atomic E-state index is 0.136. The van der Waals surface area contributed by atoms with Crippen molar-refractivity contribution in [2.75, 3.05) is 5.32 Å². The minimum absolute atomic E-state index is 0.136. The van der Waals surface area contributed by atoms with Gasteiger partial charge in [-0.15, -0.1) is 5.73 Å². The number of aromatic nitrogens is 1. The van der Waals surface area contributed by atoms with Gasteiger partial charge in [-0.25, -0.2) is 0 Å². The molecule has 0 amide bonds. The third-order valence-electron chi connectivity index (χ3n) is 9.78. The van der Waals surface area contributed by atoms with Crippen LogP contribution in [0.1, 0.15) is 45.7 Å². The highest BCUT2D eigenvalue weighted by Crippen LogP contribution is 2.35. The Kier molecular flexibility index (Phi) is 9.87. The first-order chi connectivity index (χ1) is 26.2. The van der Waals surface area contributed by atoms with Crippen LogP contribution in [0.25, 0.3) is 57.3 Å². The molecule has 53 heavy (non-hydrogen) atoms. The van der Waals surface area contributed by atoms with E-state index in [0.717, 1.165) is 56.8 Å². The van der Waals surface area contributed by atoms with Crippen LogP contribution in [0.4, 0.5) is 5.69 Å². The fourth-order valence-corrected chi connectivity index (χ4v) is 6.87. The van der Waals surface area contributed by atoms with E-state index in [1.54, 1.807) is 0 Å². The predicted molar refractivity (Wildman–Crippen MR) is 226 cm³/mol. The number of aryl methyl sites for hydroxylation is 1. The van der Waals surface area contributed by atoms with Crippen LogP contribution in [-0.2, 0) is 0 Å². The lowest BCUT2D eigenvalue weighted by Gasteiger charge is -2.15. The number of allylic oxidation sites excluding steroid dienone is 7. The average molecular weight is 681 g/mol. The maximum atomic E-state index is 4.69. The summed E-state index contributed by atoms with van der Waals surface area (Å²) < 4.78 is 0. The quantitative estimate of drug-likeness (QED) is 0.162. The molecule has 0 spiro atoms. The van der Waals surface area contributed by atoms with Gasteiger partial charge in [0.15, 0.2) is 0 Å². The van der Waals surface area contributed by atoms with Crippen molar-refractivity contribution in [2.45, 2.75) is 19.3 Å². The minimum Gasteiger partial charge on any atom is -0.362 e. The fraction of sp³-hybridized carbons (Fsp3) is 0.0588. The zero-order valence-electron chi connectivity index (χ0n) is 29.8. The van der Waals surface area contributed by atoms with Gasteiger partial charge >= 0.3 is 0 Å². The van der Waals surface area contributed by atoms with Crippen LogP contribution < -0.4 is 5.32 Å². The molecule has 0 saturated heterocycles. The molecule has 2 aliphatic rings. The number of hydrogen-bond acceptors (Lipinski definition) is 2. The molecule has 1 heterocycles. The number of nitrogens with one attached hydrogen (secondary N) is 1. The van der Waals surface area contributed by atoms with Gasteiger partial charge in [0, 0.05) is 35.1 Å². The topological polar surface area (TPSA) is 24.9 Å². The summed E-state index contributed by atoms with van der Waals surface area (Å²) in [6.45, 7) is 2.14. The number of anilines is 1. The molecule has 6 aromatic rings. The first-order valence-electron chi connectivity index (χ1n) is 18.2. The van der Waals surface area contributed by atoms with Gasteiger partial charge in [0.05, 0.1) is 5.69 Å². The molecule has 1 N–H and O–H groups in total. The number of benzene rings is 5. The smallest absolute Gasteiger partial charge is 0.0702 e. The standard InChI is InChI=1S/C51H40N2/c1-37-13-7-8-14-38(37)28-30-52-50-35-47(43-22-20-40-17-9-10-18-41(40)21-23-43)32-48(36-50)44-26-24-42(25-27-44)46-31-45(39-15-5-3-2-4-6-16-39)33-49(34-46)51-19-11-12-29-53-51/h2-3,5-15,17-36,43,52H,4H2,1H3/b3-2-,15-5-,30-28-. The van der Waals surface area contributed by atoms with Crippen LogP contribution in [0.2, 0.25) is 0 Å². The van der Waals surface area contributed by atoms with Crippen LogP contribution in [0.15, 0.2) is 188 Å². The first kappa shape index (κ1) is 33.4. The second kappa shape index (κ2) is 15.7. The summed E-state index contributed by atoms with van der Waals surface area (Å²) in [6, 6.07) is 45.6. The van der Waals surface area contributed by atoms with Crippen LogP contribution >= 0.6 is 0 Å². The van der Waals surface area contributed by atoms with Crippen molar-refractivity contribution in [3.05, 3.63) is 221 Å². The Morgan fingerprint density at radius 3 is 2.09 bits per heavy atom. The van der Waals surface area contributed by atoms with E-state index in [2.05, 4.69) is 199 Å². The monoisotopic (exact) mass is 680 g/mol. The Hall–Kier alpha value is -6.73. The largest absolute Gasteiger partial charge is 0.362 e. The lowest BCUT2D eigenvalue weighted by Crippen LogP contribution is -1.96. The molecular weight excluding hydrogens is 641 g/mol. The molecule has 0 unspecified atom stereocenters. The molecule has 5 aromatic carbocycles. The third kappa shape index (κ3) is 7.95. The summed E-state index contributed by atoms with van der Waals surface area (Å²) >= 11 is 0. The van der Waals surface area contributed by atoms with Gasteiger partial charge in [0.1, 0.15) is 0 Å². The molecule has 254 valence electrons. The maximum Gasteiger partial charge on any atom is 0.0702 e. The molecular formula is C51H40N2. The van der Waals surface area contributed by atoms with Crippen molar-refractivity contribution < 1.29 is 0 Å². The van der Waals surface area contributed by atoms with E-state index < -0.39 is 0 Å². The van der Waals surface area contributed by atoms with Gasteiger partial charge in [-0.3, -0.25) is 4.98 Å². The lowest BCUT2D eigenvalue weighted by molar-refractivity contribution is 1.10. The average Bonchev–Trinajstić information content (AvgIpc) is 3.42. The normalized spacial score (nSPS) is 14.9. The summed E-state index contributed by atoms with van der Waals surface area (Å²) in [5.74, 6) is 0.136. The molecule has 0 saturated carbocycles. The maximum absolute atomic E-state index is 4.69. The van der Waals surface area contributed by atoms with Crippen molar-refractivity contribution in [1.29, 1.82) is 0 Å². The third-order valence-corrected chi connectivity index (χ3v) is 9.78. The van der Waals surface area contributed by atoms with Crippen molar-refractivity contribution in [2.24, 2.45) is 0 Å². The van der Waals surface area contributed by atoms with Gasteiger partial charge in [-0.1, -0.05) is 127 Å². The van der Waals surface area contributed by atoms with E-state index in [1.807, 2.05) is 24.5 Å². The Labute approximate surface area is 312 Å². The predicted octanol–water partition coefficient (Wildman–Crippen LogP) is 13.4. The van der Waals surface area contributed by atoms with E-state index in [9.17, 15) is 0 Å². The van der Waals surface area contributed by atoms with Crippen molar-refractivity contribution in [3.8, 4) is 33.5 Å². The molecule has 2 heteroatoms. The number of rotatable bonds is 8. The molecule has 0 atom stereocenters. The molecule has 2 nitrogen and oxygen atoms in total. The molecule has 8 rings (SSSR count). The summed E-state index contributed by atoms with van der Waals surface area (Å²) in [4.78, 5) is 4.69. The molecule has 0 fully saturated rings. The first-order valence-corrected chi connectivity index (χ1v) is 18.2. The van der Waals surface area contributed by atoms with Crippen LogP contribution in [-0.4, -0.2) is 4.98 Å². The van der Waals surface area contributed by atoms with Crippen LogP contribution in [0.5, 0.6) is 0 Å². The van der Waals surface area contributed by atoms with Crippen molar-refractivity contribution >= 4 is 29.5 Å². The highest BCUT2D eigenvalue weighted by molar-refractivity contribution is 5.83. The molecule has 0 bridgehead atoms. The van der Waals surface area contributed by atoms with E-state index in [-0.39, 0.29) is 5.92 Å². The van der Waals surface area contributed by atoms with Gasteiger partial charge in [-0.05, 0) is 130 Å². The Morgan fingerprint density at radius 2 is 1.34 bits per heavy atom. The molecule has 2 aliphatic carbocycles. The van der Waals surface area contributed by atoms with E-state index in [0.29, 0.717) is 0 Å². The van der Waals surface area contributed by atoms with Gasteiger partial charge < -0.3 is 5.32 Å². The van der Waals surface area contributed by atoms with E-state index >= 15 is 0 Å². The number of fused-ring (bicyclic) bond motifs is 1. The Balaban J connectivity index is 1.16. The van der Waals surface area contributed by atoms with Crippen molar-refractivity contribution in [1.82, 2.24) is 4.98 Å². The SMILES string of the molecule is Cc1ccccc1/C=C\Nc1cc(-c2ccc(-c3cc(C4=C=CC/C=C\C=C/4)cc(-c4ccccn4)c3)cc2)cc(C2C=Cc3ccccc3C=C2)c1. The second-order valence-electron chi connectivity index (χ2n) is 13.4. The fourth-order valence-electron chi connectivity index (χ4n) is 6.87. The highest BCUT2D eigenvalue weighted by Gasteiger charge is 2.13. The summed E-state index contributed by atoms with van der Waals surface area (Å²) in [5, 5.41) is 3.59. The van der Waals surface area contributed by atoms with Gasteiger partial charge in [-0.2, -0.15) is 0 Å². The highest BCUT2D eigenvalue weighted by atomic mass is 14.8. The second-order valence-corrected chi connectivity index (χ2v) is 13.4. The number of pyridine rings is 1. The van der Waals surface area contributed by atoms with Gasteiger partial charge in [0.2, 0.25) is 0 Å². The number of nitrogens with zero attached hydrogens (tertiary/aromatic N) is 1. The van der Waals surface area contributed by atoms with Crippen LogP contribution in [0.3, 0.4) is 0 Å². The van der Waals surface area contributed by atoms with E-state index in [1.165, 1.54) is 27.8 Å². The van der Waals surface area contributed by atoms with E-state index in [4.69, 9.17) is 0 Å². The van der Waals surface area contributed by atoms with Crippen LogP contribution in [0, 0.1) is 6.92 Å². The molecule has 0 aliphatic heterocycles. The Bertz CT molecular complexity index is 2450. The summed E-state index contributed by atoms with van der Waals surface area (Å²) in [5.41, 5.74) is 19.5. The summed E-state index contributed by atoms with van der Waals surface area (Å²) in [7, 11) is 0. The zero-order chi connectivity index (χ0) is 35.8. The zero-order valence-corrected chi connectivity index (χ0v) is 29.8. The lowest BCUT2D eigenvalue weighted by atomic mass is 9.91. The molecule has 0 radical (unpaired) electrons. The van der Waals surface area contributed by atoms with Crippen molar-refractivity contribution in [3.63, 3.8) is 0 Å². The number of hydrogen-bond donors (Lipinski definition) is 1.